The molecule has 1 aliphatic heterocycles. The van der Waals surface area contributed by atoms with Crippen molar-refractivity contribution in [1.29, 1.82) is 0 Å². The number of esters is 1. The normalized spacial score (nSPS) is 15.1. The highest BCUT2D eigenvalue weighted by molar-refractivity contribution is 5.96. The average molecular weight is 364 g/mol. The zero-order chi connectivity index (χ0) is 18.8. The maximum atomic E-state index is 12.7. The van der Waals surface area contributed by atoms with Gasteiger partial charge in [0.1, 0.15) is 5.52 Å². The first-order valence-corrected chi connectivity index (χ1v) is 8.99. The molecule has 3 aromatic rings. The molecule has 6 nitrogen and oxygen atoms in total. The van der Waals surface area contributed by atoms with Crippen molar-refractivity contribution in [3.05, 3.63) is 65.5 Å². The molecule has 0 aliphatic carbocycles. The Morgan fingerprint density at radius 1 is 1.04 bits per heavy atom. The van der Waals surface area contributed by atoms with Crippen molar-refractivity contribution in [2.75, 3.05) is 20.2 Å². The summed E-state index contributed by atoms with van der Waals surface area (Å²) in [5.41, 5.74) is 2.68. The molecule has 1 aliphatic rings. The maximum absolute atomic E-state index is 12.7. The molecule has 1 fully saturated rings. The zero-order valence-electron chi connectivity index (χ0n) is 15.1. The largest absolute Gasteiger partial charge is 0.465 e. The monoisotopic (exact) mass is 364 g/mol. The molecule has 0 atom stereocenters. The minimum Gasteiger partial charge on any atom is -0.465 e. The summed E-state index contributed by atoms with van der Waals surface area (Å²) in [4.78, 5) is 30.6. The molecule has 138 valence electrons. The third-order valence-corrected chi connectivity index (χ3v) is 4.99. The Labute approximate surface area is 156 Å². The summed E-state index contributed by atoms with van der Waals surface area (Å²) in [6.45, 7) is 1.31. The van der Waals surface area contributed by atoms with Gasteiger partial charge in [-0.25, -0.2) is 9.78 Å². The Morgan fingerprint density at radius 2 is 1.70 bits per heavy atom. The van der Waals surface area contributed by atoms with Crippen molar-refractivity contribution < 1.29 is 18.7 Å². The molecule has 27 heavy (non-hydrogen) atoms. The number of para-hydroxylation sites is 2. The molecule has 1 saturated heterocycles. The van der Waals surface area contributed by atoms with E-state index >= 15 is 0 Å². The van der Waals surface area contributed by atoms with Crippen LogP contribution in [0.25, 0.3) is 11.1 Å². The van der Waals surface area contributed by atoms with Crippen molar-refractivity contribution in [3.8, 4) is 0 Å². The van der Waals surface area contributed by atoms with Gasteiger partial charge in [0.2, 0.25) is 0 Å². The van der Waals surface area contributed by atoms with Gasteiger partial charge in [-0.2, -0.15) is 0 Å². The zero-order valence-corrected chi connectivity index (χ0v) is 15.1. The Morgan fingerprint density at radius 3 is 2.37 bits per heavy atom. The van der Waals surface area contributed by atoms with Crippen LogP contribution in [0.4, 0.5) is 0 Å². The smallest absolute Gasteiger partial charge is 0.337 e. The topological polar surface area (TPSA) is 72.6 Å². The van der Waals surface area contributed by atoms with Crippen LogP contribution in [-0.4, -0.2) is 42.0 Å². The number of fused-ring (bicyclic) bond motifs is 1. The third-order valence-electron chi connectivity index (χ3n) is 4.99. The van der Waals surface area contributed by atoms with Crippen LogP contribution in [0.2, 0.25) is 0 Å². The van der Waals surface area contributed by atoms with Gasteiger partial charge in [0.05, 0.1) is 12.7 Å². The third kappa shape index (κ3) is 3.43. The fraction of sp³-hybridized carbons (Fsp3) is 0.286. The first-order valence-electron chi connectivity index (χ1n) is 8.99. The summed E-state index contributed by atoms with van der Waals surface area (Å²) in [5.74, 6) is 0.546. The summed E-state index contributed by atoms with van der Waals surface area (Å²) < 4.78 is 10.6. The first kappa shape index (κ1) is 17.3. The summed E-state index contributed by atoms with van der Waals surface area (Å²) in [5, 5.41) is 0. The van der Waals surface area contributed by atoms with Gasteiger partial charge in [0.25, 0.3) is 5.91 Å². The maximum Gasteiger partial charge on any atom is 0.337 e. The fourth-order valence-electron chi connectivity index (χ4n) is 3.44. The number of likely N-dealkylation sites (tertiary alicyclic amines) is 1. The van der Waals surface area contributed by atoms with Gasteiger partial charge in [-0.1, -0.05) is 12.1 Å². The second-order valence-electron chi connectivity index (χ2n) is 6.66. The Bertz CT molecular complexity index is 936. The van der Waals surface area contributed by atoms with E-state index in [4.69, 9.17) is 4.42 Å². The van der Waals surface area contributed by atoms with E-state index in [2.05, 4.69) is 9.72 Å². The number of ether oxygens (including phenoxy) is 1. The molecule has 2 aromatic carbocycles. The number of oxazole rings is 1. The fourth-order valence-corrected chi connectivity index (χ4v) is 3.44. The van der Waals surface area contributed by atoms with E-state index in [-0.39, 0.29) is 11.8 Å². The van der Waals surface area contributed by atoms with E-state index in [0.29, 0.717) is 24.2 Å². The number of carbonyl (C=O) groups excluding carboxylic acids is 2. The van der Waals surface area contributed by atoms with Crippen molar-refractivity contribution in [2.45, 2.75) is 18.8 Å². The lowest BCUT2D eigenvalue weighted by molar-refractivity contribution is 0.0599. The predicted octanol–water partition coefficient (Wildman–Crippen LogP) is 3.63. The van der Waals surface area contributed by atoms with Gasteiger partial charge in [0.15, 0.2) is 11.5 Å². The lowest BCUT2D eigenvalue weighted by atomic mass is 9.96. The van der Waals surface area contributed by atoms with Crippen molar-refractivity contribution >= 4 is 23.0 Å². The minimum absolute atomic E-state index is 0.0255. The summed E-state index contributed by atoms with van der Waals surface area (Å²) in [6.07, 6.45) is 1.64. The van der Waals surface area contributed by atoms with Crippen LogP contribution in [0.15, 0.2) is 52.9 Å². The van der Waals surface area contributed by atoms with Gasteiger partial charge < -0.3 is 14.1 Å². The highest BCUT2D eigenvalue weighted by Gasteiger charge is 2.27. The van der Waals surface area contributed by atoms with Crippen LogP contribution in [0.1, 0.15) is 45.4 Å². The standard InChI is InChI=1S/C21H20N2O4/c1-26-21(25)16-8-6-15(7-9-16)20(24)23-12-10-14(11-13-23)19-22-17-4-2-3-5-18(17)27-19/h2-9,14H,10-13H2,1H3. The number of nitrogens with zero attached hydrogens (tertiary/aromatic N) is 2. The molecular weight excluding hydrogens is 344 g/mol. The molecule has 2 heterocycles. The quantitative estimate of drug-likeness (QED) is 0.664. The lowest BCUT2D eigenvalue weighted by Gasteiger charge is -2.30. The van der Waals surface area contributed by atoms with Crippen molar-refractivity contribution in [2.24, 2.45) is 0 Å². The summed E-state index contributed by atoms with van der Waals surface area (Å²) in [6, 6.07) is 14.3. The second-order valence-corrected chi connectivity index (χ2v) is 6.66. The van der Waals surface area contributed by atoms with Crippen LogP contribution in [-0.2, 0) is 4.74 Å². The molecule has 0 saturated carbocycles. The molecule has 0 unspecified atom stereocenters. The van der Waals surface area contributed by atoms with Crippen LogP contribution < -0.4 is 0 Å². The molecule has 0 bridgehead atoms. The van der Waals surface area contributed by atoms with Gasteiger partial charge in [-0.15, -0.1) is 0 Å². The van der Waals surface area contributed by atoms with E-state index in [1.54, 1.807) is 24.3 Å². The molecule has 0 spiro atoms. The lowest BCUT2D eigenvalue weighted by Crippen LogP contribution is -2.38. The molecule has 0 radical (unpaired) electrons. The second kappa shape index (κ2) is 7.23. The Balaban J connectivity index is 1.41. The van der Waals surface area contributed by atoms with Gasteiger partial charge >= 0.3 is 5.97 Å². The predicted molar refractivity (Wildman–Crippen MR) is 99.7 cm³/mol. The summed E-state index contributed by atoms with van der Waals surface area (Å²) >= 11 is 0. The highest BCUT2D eigenvalue weighted by Crippen LogP contribution is 2.30. The van der Waals surface area contributed by atoms with E-state index < -0.39 is 5.97 Å². The molecule has 6 heteroatoms. The number of carbonyl (C=O) groups is 2. The van der Waals surface area contributed by atoms with E-state index in [1.165, 1.54) is 7.11 Å². The van der Waals surface area contributed by atoms with Crippen molar-refractivity contribution in [1.82, 2.24) is 9.88 Å². The van der Waals surface area contributed by atoms with Crippen LogP contribution in [0.5, 0.6) is 0 Å². The van der Waals surface area contributed by atoms with Crippen LogP contribution in [0.3, 0.4) is 0 Å². The van der Waals surface area contributed by atoms with Crippen LogP contribution in [0, 0.1) is 0 Å². The molecular formula is C21H20N2O4. The van der Waals surface area contributed by atoms with Gasteiger partial charge in [-0.05, 0) is 49.2 Å². The highest BCUT2D eigenvalue weighted by atomic mass is 16.5. The molecule has 0 N–H and O–H groups in total. The Kier molecular flexibility index (Phi) is 4.62. The number of amides is 1. The number of piperidine rings is 1. The number of hydrogen-bond donors (Lipinski definition) is 0. The van der Waals surface area contributed by atoms with E-state index in [0.717, 1.165) is 29.8 Å². The van der Waals surface area contributed by atoms with E-state index in [1.807, 2.05) is 29.2 Å². The molecule has 1 amide bonds. The average Bonchev–Trinajstić information content (AvgIpc) is 3.17. The SMILES string of the molecule is COC(=O)c1ccc(C(=O)N2CCC(c3nc4ccccc4o3)CC2)cc1. The molecule has 1 aromatic heterocycles. The minimum atomic E-state index is -0.409. The number of hydrogen-bond acceptors (Lipinski definition) is 5. The Hall–Kier alpha value is -3.15. The number of benzene rings is 2. The van der Waals surface area contributed by atoms with E-state index in [9.17, 15) is 9.59 Å². The number of methoxy groups -OCH3 is 1. The van der Waals surface area contributed by atoms with Crippen molar-refractivity contribution in [3.63, 3.8) is 0 Å². The number of aromatic nitrogens is 1. The van der Waals surface area contributed by atoms with Gasteiger partial charge in [-0.3, -0.25) is 4.79 Å². The number of rotatable bonds is 3. The van der Waals surface area contributed by atoms with Crippen LogP contribution >= 0.6 is 0 Å². The summed E-state index contributed by atoms with van der Waals surface area (Å²) in [7, 11) is 1.34. The van der Waals surface area contributed by atoms with Gasteiger partial charge in [0, 0.05) is 24.6 Å². The molecule has 4 rings (SSSR count). The first-order chi connectivity index (χ1) is 13.2.